The lowest BCUT2D eigenvalue weighted by Gasteiger charge is -2.18. The summed E-state index contributed by atoms with van der Waals surface area (Å²) in [5.74, 6) is 0.764. The second-order valence-corrected chi connectivity index (χ2v) is 7.88. The Kier molecular flexibility index (Phi) is 7.06. The topological polar surface area (TPSA) is 96.5 Å². The van der Waals surface area contributed by atoms with Crippen LogP contribution in [0.15, 0.2) is 48.5 Å². The molecular formula is C19H25N3O4S. The molecule has 2 aromatic carbocycles. The number of anilines is 1. The zero-order valence-corrected chi connectivity index (χ0v) is 16.5. The summed E-state index contributed by atoms with van der Waals surface area (Å²) in [6.45, 7) is 2.28. The Hall–Kier alpha value is -2.74. The minimum atomic E-state index is -3.34. The minimum absolute atomic E-state index is 0.117. The number of rotatable bonds is 8. The standard InChI is InChI=1S/C19H25N3O4S/c1-4-18(15-8-10-17(26-2)11-9-15)21-19(23)20-13-14-6-5-7-16(12-14)22-27(3,24)25/h5-12,18,22H,4,13H2,1-3H3,(H2,20,21,23)/t18-/m1/s1. The molecule has 0 aromatic heterocycles. The highest BCUT2D eigenvalue weighted by Gasteiger charge is 2.12. The van der Waals surface area contributed by atoms with Crippen molar-refractivity contribution in [1.82, 2.24) is 10.6 Å². The Labute approximate surface area is 160 Å². The number of methoxy groups -OCH3 is 1. The Bertz CT molecular complexity index is 867. The van der Waals surface area contributed by atoms with Crippen LogP contribution in [0.3, 0.4) is 0 Å². The van der Waals surface area contributed by atoms with Crippen LogP contribution < -0.4 is 20.1 Å². The third-order valence-corrected chi connectivity index (χ3v) is 4.52. The molecule has 0 aliphatic heterocycles. The normalized spacial score (nSPS) is 12.1. The van der Waals surface area contributed by atoms with E-state index in [2.05, 4.69) is 15.4 Å². The van der Waals surface area contributed by atoms with E-state index >= 15 is 0 Å². The summed E-state index contributed by atoms with van der Waals surface area (Å²) in [6.07, 6.45) is 1.84. The van der Waals surface area contributed by atoms with Gasteiger partial charge in [-0.3, -0.25) is 4.72 Å². The maximum absolute atomic E-state index is 12.2. The third-order valence-electron chi connectivity index (χ3n) is 3.92. The molecule has 0 fully saturated rings. The van der Waals surface area contributed by atoms with Crippen LogP contribution in [0, 0.1) is 0 Å². The minimum Gasteiger partial charge on any atom is -0.497 e. The van der Waals surface area contributed by atoms with Crippen molar-refractivity contribution in [1.29, 1.82) is 0 Å². The third kappa shape index (κ3) is 6.82. The van der Waals surface area contributed by atoms with Gasteiger partial charge >= 0.3 is 6.03 Å². The number of carbonyl (C=O) groups excluding carboxylic acids is 1. The van der Waals surface area contributed by atoms with Gasteiger partial charge in [0.05, 0.1) is 19.4 Å². The number of hydrogen-bond donors (Lipinski definition) is 3. The number of benzene rings is 2. The number of ether oxygens (including phenoxy) is 1. The molecule has 146 valence electrons. The molecule has 0 saturated heterocycles. The van der Waals surface area contributed by atoms with Crippen LogP contribution in [0.25, 0.3) is 0 Å². The molecule has 0 aliphatic carbocycles. The SMILES string of the molecule is CC[C@@H](NC(=O)NCc1cccc(NS(C)(=O)=O)c1)c1ccc(OC)cc1. The maximum atomic E-state index is 12.2. The molecule has 7 nitrogen and oxygen atoms in total. The number of carbonyl (C=O) groups is 1. The second kappa shape index (κ2) is 9.27. The number of sulfonamides is 1. The molecular weight excluding hydrogens is 366 g/mol. The van der Waals surface area contributed by atoms with Gasteiger partial charge in [-0.25, -0.2) is 13.2 Å². The van der Waals surface area contributed by atoms with E-state index in [-0.39, 0.29) is 18.6 Å². The summed E-state index contributed by atoms with van der Waals surface area (Å²) < 4.78 is 30.2. The highest BCUT2D eigenvalue weighted by atomic mass is 32.2. The quantitative estimate of drug-likeness (QED) is 0.644. The molecule has 3 N–H and O–H groups in total. The molecule has 0 heterocycles. The molecule has 0 radical (unpaired) electrons. The van der Waals surface area contributed by atoms with Gasteiger partial charge < -0.3 is 15.4 Å². The van der Waals surface area contributed by atoms with Gasteiger partial charge in [-0.1, -0.05) is 31.2 Å². The molecule has 0 spiro atoms. The monoisotopic (exact) mass is 391 g/mol. The van der Waals surface area contributed by atoms with Gasteiger partial charge in [-0.2, -0.15) is 0 Å². The summed E-state index contributed by atoms with van der Waals surface area (Å²) in [6, 6.07) is 14.0. The predicted molar refractivity (Wildman–Crippen MR) is 106 cm³/mol. The van der Waals surface area contributed by atoms with Crippen molar-refractivity contribution < 1.29 is 17.9 Å². The summed E-state index contributed by atoms with van der Waals surface area (Å²) in [4.78, 5) is 12.2. The van der Waals surface area contributed by atoms with Crippen molar-refractivity contribution in [3.05, 3.63) is 59.7 Å². The van der Waals surface area contributed by atoms with Crippen molar-refractivity contribution in [2.45, 2.75) is 25.9 Å². The van der Waals surface area contributed by atoms with E-state index in [1.807, 2.05) is 37.3 Å². The van der Waals surface area contributed by atoms with Crippen LogP contribution in [0.5, 0.6) is 5.75 Å². The van der Waals surface area contributed by atoms with Crippen LogP contribution in [-0.2, 0) is 16.6 Å². The molecule has 1 atom stereocenters. The van der Waals surface area contributed by atoms with E-state index in [4.69, 9.17) is 4.74 Å². The van der Waals surface area contributed by atoms with Crippen LogP contribution in [0.1, 0.15) is 30.5 Å². The summed E-state index contributed by atoms with van der Waals surface area (Å²) >= 11 is 0. The highest BCUT2D eigenvalue weighted by molar-refractivity contribution is 7.92. The molecule has 0 unspecified atom stereocenters. The Balaban J connectivity index is 1.93. The first kappa shape index (κ1) is 20.6. The van der Waals surface area contributed by atoms with Gasteiger partial charge in [0, 0.05) is 12.2 Å². The summed E-state index contributed by atoms with van der Waals surface area (Å²) in [5.41, 5.74) is 2.24. The van der Waals surface area contributed by atoms with Crippen molar-refractivity contribution in [2.24, 2.45) is 0 Å². The zero-order valence-electron chi connectivity index (χ0n) is 15.7. The average Bonchev–Trinajstić information content (AvgIpc) is 2.63. The van der Waals surface area contributed by atoms with E-state index in [1.165, 1.54) is 0 Å². The van der Waals surface area contributed by atoms with Gasteiger partial charge in [0.2, 0.25) is 10.0 Å². The van der Waals surface area contributed by atoms with Crippen molar-refractivity contribution in [3.8, 4) is 5.75 Å². The first-order valence-corrected chi connectivity index (χ1v) is 10.4. The van der Waals surface area contributed by atoms with Crippen LogP contribution in [0.4, 0.5) is 10.5 Å². The van der Waals surface area contributed by atoms with E-state index in [0.717, 1.165) is 29.6 Å². The Morgan fingerprint density at radius 2 is 1.85 bits per heavy atom. The van der Waals surface area contributed by atoms with Gasteiger partial charge in [-0.15, -0.1) is 0 Å². The average molecular weight is 391 g/mol. The second-order valence-electron chi connectivity index (χ2n) is 6.14. The van der Waals surface area contributed by atoms with E-state index in [1.54, 1.807) is 25.3 Å². The van der Waals surface area contributed by atoms with Crippen LogP contribution >= 0.6 is 0 Å². The molecule has 2 aromatic rings. The van der Waals surface area contributed by atoms with E-state index < -0.39 is 10.0 Å². The molecule has 0 bridgehead atoms. The molecule has 0 saturated carbocycles. The lowest BCUT2D eigenvalue weighted by Crippen LogP contribution is -2.37. The fourth-order valence-electron chi connectivity index (χ4n) is 2.61. The number of urea groups is 1. The van der Waals surface area contributed by atoms with E-state index in [9.17, 15) is 13.2 Å². The van der Waals surface area contributed by atoms with Gasteiger partial charge in [0.1, 0.15) is 5.75 Å². The molecule has 2 rings (SSSR count). The van der Waals surface area contributed by atoms with Gasteiger partial charge in [-0.05, 0) is 41.8 Å². The smallest absolute Gasteiger partial charge is 0.315 e. The van der Waals surface area contributed by atoms with Crippen molar-refractivity contribution in [2.75, 3.05) is 18.1 Å². The molecule has 0 aliphatic rings. The summed E-state index contributed by atoms with van der Waals surface area (Å²) in [7, 11) is -1.73. The Morgan fingerprint density at radius 1 is 1.15 bits per heavy atom. The highest BCUT2D eigenvalue weighted by Crippen LogP contribution is 2.20. The lowest BCUT2D eigenvalue weighted by atomic mass is 10.0. The molecule has 2 amide bonds. The van der Waals surface area contributed by atoms with Crippen LogP contribution in [-0.4, -0.2) is 27.8 Å². The fraction of sp³-hybridized carbons (Fsp3) is 0.316. The van der Waals surface area contributed by atoms with Crippen molar-refractivity contribution >= 4 is 21.7 Å². The van der Waals surface area contributed by atoms with Gasteiger partial charge in [0.25, 0.3) is 0 Å². The molecule has 8 heteroatoms. The maximum Gasteiger partial charge on any atom is 0.315 e. The zero-order chi connectivity index (χ0) is 19.9. The number of nitrogens with one attached hydrogen (secondary N) is 3. The predicted octanol–water partition coefficient (Wildman–Crippen LogP) is 3.02. The Morgan fingerprint density at radius 3 is 2.44 bits per heavy atom. The van der Waals surface area contributed by atoms with Gasteiger partial charge in [0.15, 0.2) is 0 Å². The molecule has 27 heavy (non-hydrogen) atoms. The fourth-order valence-corrected chi connectivity index (χ4v) is 3.16. The van der Waals surface area contributed by atoms with E-state index in [0.29, 0.717) is 5.69 Å². The van der Waals surface area contributed by atoms with Crippen molar-refractivity contribution in [3.63, 3.8) is 0 Å². The largest absolute Gasteiger partial charge is 0.497 e. The first-order valence-electron chi connectivity index (χ1n) is 8.55. The lowest BCUT2D eigenvalue weighted by molar-refractivity contribution is 0.236. The number of hydrogen-bond acceptors (Lipinski definition) is 4. The van der Waals surface area contributed by atoms with Crippen LogP contribution in [0.2, 0.25) is 0 Å². The first-order chi connectivity index (χ1) is 12.8. The number of amides is 2. The summed E-state index contributed by atoms with van der Waals surface area (Å²) in [5, 5.41) is 5.74.